The van der Waals surface area contributed by atoms with Crippen LogP contribution in [0.25, 0.3) is 111 Å². The van der Waals surface area contributed by atoms with Crippen LogP contribution in [0.15, 0.2) is 186 Å². The van der Waals surface area contributed by atoms with Crippen molar-refractivity contribution in [1.29, 1.82) is 0 Å². The third kappa shape index (κ3) is 5.24. The summed E-state index contributed by atoms with van der Waals surface area (Å²) in [6, 6.07) is 62.9. The smallest absolute Gasteiger partial charge is 0.227 e. The van der Waals surface area contributed by atoms with Gasteiger partial charge in [0.25, 0.3) is 0 Å². The predicted octanol–water partition coefficient (Wildman–Crippen LogP) is 13.0. The lowest BCUT2D eigenvalue weighted by atomic mass is 9.93. The molecule has 0 saturated carbocycles. The first-order chi connectivity index (χ1) is 27.2. The van der Waals surface area contributed by atoms with Gasteiger partial charge in [-0.2, -0.15) is 0 Å². The molecule has 256 valence electrons. The van der Waals surface area contributed by atoms with Crippen LogP contribution in [0, 0.1) is 0 Å². The number of rotatable bonds is 5. The molecule has 0 spiro atoms. The minimum Gasteiger partial charge on any atom is -0.435 e. The number of oxazole rings is 1. The molecule has 2 heterocycles. The highest BCUT2D eigenvalue weighted by atomic mass is 16.3. The van der Waals surface area contributed by atoms with Gasteiger partial charge in [-0.25, -0.2) is 19.9 Å². The Morgan fingerprint density at radius 3 is 1.73 bits per heavy atom. The molecular formula is C50H30N4O. The zero-order valence-electron chi connectivity index (χ0n) is 29.5. The van der Waals surface area contributed by atoms with E-state index >= 15 is 0 Å². The molecule has 55 heavy (non-hydrogen) atoms. The van der Waals surface area contributed by atoms with Gasteiger partial charge in [-0.3, -0.25) is 0 Å². The summed E-state index contributed by atoms with van der Waals surface area (Å²) in [6.45, 7) is 0. The molecule has 11 aromatic rings. The Labute approximate surface area is 316 Å². The summed E-state index contributed by atoms with van der Waals surface area (Å²) in [5.41, 5.74) is 7.27. The van der Waals surface area contributed by atoms with E-state index in [0.29, 0.717) is 23.4 Å². The lowest BCUT2D eigenvalue weighted by molar-refractivity contribution is 0.623. The van der Waals surface area contributed by atoms with Gasteiger partial charge in [-0.1, -0.05) is 158 Å². The topological polar surface area (TPSA) is 64.7 Å². The van der Waals surface area contributed by atoms with Crippen LogP contribution in [-0.4, -0.2) is 19.9 Å². The van der Waals surface area contributed by atoms with E-state index in [1.165, 1.54) is 16.2 Å². The number of aromatic nitrogens is 4. The summed E-state index contributed by atoms with van der Waals surface area (Å²) in [5.74, 6) is 2.41. The second-order valence-electron chi connectivity index (χ2n) is 13.8. The fourth-order valence-corrected chi connectivity index (χ4v) is 7.90. The van der Waals surface area contributed by atoms with Crippen LogP contribution < -0.4 is 0 Å². The van der Waals surface area contributed by atoms with Crippen LogP contribution in [0.3, 0.4) is 0 Å². The molecular weight excluding hydrogens is 673 g/mol. The maximum Gasteiger partial charge on any atom is 0.227 e. The van der Waals surface area contributed by atoms with Crippen molar-refractivity contribution in [3.63, 3.8) is 0 Å². The molecule has 0 bridgehead atoms. The average molecular weight is 703 g/mol. The molecule has 0 saturated heterocycles. The Hall–Kier alpha value is -7.50. The SMILES string of the molecule is c1ccc(-c2nc3ccc4cccc(-c5ccccc5-c5nc(-c6ccc7ccc8ccccc8c7c6)nc(-c6cccc7ccccc67)n5)c4c3o2)cc1. The molecule has 0 fully saturated rings. The van der Waals surface area contributed by atoms with Crippen LogP contribution in [0.4, 0.5) is 0 Å². The minimum atomic E-state index is 0.591. The van der Waals surface area contributed by atoms with Gasteiger partial charge < -0.3 is 4.42 Å². The van der Waals surface area contributed by atoms with Gasteiger partial charge >= 0.3 is 0 Å². The molecule has 5 heteroatoms. The number of nitrogens with zero attached hydrogens (tertiary/aromatic N) is 4. The molecule has 0 aliphatic carbocycles. The Morgan fingerprint density at radius 1 is 0.327 bits per heavy atom. The standard InChI is InChI=1S/C50H30N4O/c1-2-14-35(15-3-1)50-51-44-29-28-34-17-11-22-40(45(34)46(44)55-50)39-20-8-9-21-42(39)49-53-47(52-48(54-49)41-23-10-16-31-12-4-6-18-37(31)41)36-27-26-33-25-24-32-13-5-7-19-38(32)43(33)30-36/h1-30H. The molecule has 2 aromatic heterocycles. The van der Waals surface area contributed by atoms with Gasteiger partial charge in [-0.05, 0) is 73.1 Å². The Bertz CT molecular complexity index is 3270. The van der Waals surface area contributed by atoms with Gasteiger partial charge in [0.15, 0.2) is 23.1 Å². The van der Waals surface area contributed by atoms with Crippen molar-refractivity contribution in [2.24, 2.45) is 0 Å². The van der Waals surface area contributed by atoms with Crippen molar-refractivity contribution in [3.8, 4) is 56.7 Å². The summed E-state index contributed by atoms with van der Waals surface area (Å²) in [6.07, 6.45) is 0. The van der Waals surface area contributed by atoms with Crippen molar-refractivity contribution in [1.82, 2.24) is 19.9 Å². The summed E-state index contributed by atoms with van der Waals surface area (Å²) in [4.78, 5) is 20.7. The van der Waals surface area contributed by atoms with E-state index in [1.54, 1.807) is 0 Å². The average Bonchev–Trinajstić information content (AvgIpc) is 3.71. The van der Waals surface area contributed by atoms with Gasteiger partial charge in [0.2, 0.25) is 5.89 Å². The van der Waals surface area contributed by atoms with Crippen molar-refractivity contribution >= 4 is 54.2 Å². The fraction of sp³-hybridized carbons (Fsp3) is 0. The molecule has 9 aromatic carbocycles. The number of fused-ring (bicyclic) bond motifs is 7. The van der Waals surface area contributed by atoms with Crippen LogP contribution in [0.2, 0.25) is 0 Å². The van der Waals surface area contributed by atoms with Crippen molar-refractivity contribution in [3.05, 3.63) is 182 Å². The van der Waals surface area contributed by atoms with Gasteiger partial charge in [-0.15, -0.1) is 0 Å². The Morgan fingerprint density at radius 2 is 0.891 bits per heavy atom. The minimum absolute atomic E-state index is 0.591. The zero-order chi connectivity index (χ0) is 36.3. The number of benzene rings is 9. The largest absolute Gasteiger partial charge is 0.435 e. The van der Waals surface area contributed by atoms with Crippen LogP contribution in [-0.2, 0) is 0 Å². The Kier molecular flexibility index (Phi) is 7.10. The monoisotopic (exact) mass is 702 g/mol. The summed E-state index contributed by atoms with van der Waals surface area (Å²) in [7, 11) is 0. The molecule has 0 atom stereocenters. The summed E-state index contributed by atoms with van der Waals surface area (Å²) in [5, 5.41) is 8.98. The molecule has 0 amide bonds. The maximum absolute atomic E-state index is 6.58. The highest BCUT2D eigenvalue weighted by Crippen LogP contribution is 2.41. The van der Waals surface area contributed by atoms with Crippen LogP contribution in [0.1, 0.15) is 0 Å². The Balaban J connectivity index is 1.16. The lowest BCUT2D eigenvalue weighted by Gasteiger charge is -2.14. The normalized spacial score (nSPS) is 11.6. The molecule has 5 nitrogen and oxygen atoms in total. The molecule has 0 aliphatic rings. The van der Waals surface area contributed by atoms with Gasteiger partial charge in [0.05, 0.1) is 0 Å². The highest BCUT2D eigenvalue weighted by molar-refractivity contribution is 6.13. The summed E-state index contributed by atoms with van der Waals surface area (Å²) < 4.78 is 6.58. The molecule has 0 radical (unpaired) electrons. The highest BCUT2D eigenvalue weighted by Gasteiger charge is 2.20. The third-order valence-electron chi connectivity index (χ3n) is 10.5. The van der Waals surface area contributed by atoms with E-state index < -0.39 is 0 Å². The second-order valence-corrected chi connectivity index (χ2v) is 13.8. The molecule has 11 rings (SSSR count). The molecule has 0 N–H and O–H groups in total. The second kappa shape index (κ2) is 12.6. The van der Waals surface area contributed by atoms with E-state index in [0.717, 1.165) is 71.4 Å². The molecule has 0 aliphatic heterocycles. The van der Waals surface area contributed by atoms with E-state index in [-0.39, 0.29) is 0 Å². The van der Waals surface area contributed by atoms with E-state index in [2.05, 4.69) is 140 Å². The third-order valence-corrected chi connectivity index (χ3v) is 10.5. The number of hydrogen-bond acceptors (Lipinski definition) is 5. The van der Waals surface area contributed by atoms with Crippen molar-refractivity contribution < 1.29 is 4.42 Å². The van der Waals surface area contributed by atoms with Crippen molar-refractivity contribution in [2.45, 2.75) is 0 Å². The number of hydrogen-bond donors (Lipinski definition) is 0. The van der Waals surface area contributed by atoms with Crippen LogP contribution in [0.5, 0.6) is 0 Å². The molecule has 0 unspecified atom stereocenters. The van der Waals surface area contributed by atoms with Gasteiger partial charge in [0.1, 0.15) is 5.52 Å². The zero-order valence-corrected chi connectivity index (χ0v) is 29.5. The first-order valence-corrected chi connectivity index (χ1v) is 18.4. The summed E-state index contributed by atoms with van der Waals surface area (Å²) >= 11 is 0. The van der Waals surface area contributed by atoms with E-state index in [9.17, 15) is 0 Å². The van der Waals surface area contributed by atoms with E-state index in [1.807, 2.05) is 42.5 Å². The van der Waals surface area contributed by atoms with Crippen LogP contribution >= 0.6 is 0 Å². The van der Waals surface area contributed by atoms with Gasteiger partial charge in [0, 0.05) is 27.6 Å². The lowest BCUT2D eigenvalue weighted by Crippen LogP contribution is -2.01. The first-order valence-electron chi connectivity index (χ1n) is 18.4. The predicted molar refractivity (Wildman–Crippen MR) is 225 cm³/mol. The maximum atomic E-state index is 6.58. The quantitative estimate of drug-likeness (QED) is 0.167. The van der Waals surface area contributed by atoms with Crippen molar-refractivity contribution in [2.75, 3.05) is 0 Å². The van der Waals surface area contributed by atoms with E-state index in [4.69, 9.17) is 24.4 Å². The first kappa shape index (κ1) is 31.1. The fourth-order valence-electron chi connectivity index (χ4n) is 7.90.